The van der Waals surface area contributed by atoms with E-state index in [0.717, 1.165) is 6.54 Å². The number of benzene rings is 21. The SMILES string of the molecule is CN1CC23c4c5c6c7c8c9c(c%10c%11c2c2c4c4c%12c5c5c6c6c8c8c%13c9c9c%10c%10c%11c%11c2c2c4c4c%12c%12c5c5c6c8c6c8c%13c9c9c%10c%10c%11c2c2c4c4c%12c5c6c5c8c9c%10c2c45)C73C1c1ccc2c(=C3SC4=C(SCCS4)S3)c3ccccc3c(=C3SC4=C(SCCS4)S3)c2c1. The van der Waals surface area contributed by atoms with Gasteiger partial charge in [0.05, 0.1) is 36.3 Å². The molecule has 31 aromatic rings. The van der Waals surface area contributed by atoms with Crippen molar-refractivity contribution in [3.05, 3.63) is 97.7 Å². The number of hydrogen-bond acceptors (Lipinski definition) is 9. The average Bonchev–Trinajstić information content (AvgIpc) is 1.38. The molecule has 96 heavy (non-hydrogen) atoms. The highest BCUT2D eigenvalue weighted by Crippen LogP contribution is 2.87. The molecule has 0 amide bonds. The van der Waals surface area contributed by atoms with Gasteiger partial charge in [-0.3, -0.25) is 4.90 Å². The zero-order valence-corrected chi connectivity index (χ0v) is 55.9. The molecule has 9 heteroatoms. The first-order chi connectivity index (χ1) is 47.7. The maximum atomic E-state index is 3.05. The molecule has 4 aliphatic carbocycles. The Hall–Kier alpha value is -7.38. The van der Waals surface area contributed by atoms with Crippen LogP contribution in [0.15, 0.2) is 59.4 Å². The predicted molar refractivity (Wildman–Crippen MR) is 431 cm³/mol. The van der Waals surface area contributed by atoms with E-state index in [9.17, 15) is 0 Å². The van der Waals surface area contributed by atoms with E-state index in [1.165, 1.54) is 86.0 Å². The van der Waals surface area contributed by atoms with Gasteiger partial charge in [-0.05, 0) is 353 Å². The zero-order chi connectivity index (χ0) is 58.3. The van der Waals surface area contributed by atoms with Crippen LogP contribution in [0.4, 0.5) is 0 Å². The second kappa shape index (κ2) is 11.1. The Morgan fingerprint density at radius 1 is 0.271 bits per heavy atom. The van der Waals surface area contributed by atoms with Crippen LogP contribution in [0.1, 0.15) is 33.9 Å². The van der Waals surface area contributed by atoms with Gasteiger partial charge >= 0.3 is 0 Å². The van der Waals surface area contributed by atoms with Gasteiger partial charge in [0, 0.05) is 46.0 Å². The van der Waals surface area contributed by atoms with Gasteiger partial charge in [0.2, 0.25) is 0 Å². The molecule has 0 aromatic heterocycles. The number of thioether (sulfide) groups is 8. The molecule has 0 saturated carbocycles. The lowest BCUT2D eigenvalue weighted by Gasteiger charge is -2.52. The normalized spacial score (nSPS) is 24.0. The lowest BCUT2D eigenvalue weighted by Crippen LogP contribution is -2.51. The van der Waals surface area contributed by atoms with Crippen LogP contribution in [0.5, 0.6) is 0 Å². The highest BCUT2D eigenvalue weighted by molar-refractivity contribution is 8.47. The molecular formula is C87H21NS8. The summed E-state index contributed by atoms with van der Waals surface area (Å²) in [6.45, 7) is 1.01. The predicted octanol–water partition coefficient (Wildman–Crippen LogP) is 24.6. The fourth-order valence-electron chi connectivity index (χ4n) is 30.0. The Balaban J connectivity index is 0.830. The van der Waals surface area contributed by atoms with Crippen LogP contribution in [-0.4, -0.2) is 41.5 Å². The molecule has 0 radical (unpaired) electrons. The fraction of sp³-hybridized carbons (Fsp3) is 0.103. The molecule has 9 aliphatic rings. The topological polar surface area (TPSA) is 3.24 Å². The van der Waals surface area contributed by atoms with Crippen LogP contribution in [0.25, 0.3) is 321 Å². The van der Waals surface area contributed by atoms with Crippen LogP contribution >= 0.6 is 94.1 Å². The molecule has 0 bridgehead atoms. The quantitative estimate of drug-likeness (QED) is 0.116. The number of rotatable bonds is 1. The van der Waals surface area contributed by atoms with Crippen molar-refractivity contribution in [3.63, 3.8) is 0 Å². The van der Waals surface area contributed by atoms with E-state index in [0.29, 0.717) is 0 Å². The van der Waals surface area contributed by atoms with Gasteiger partial charge in [-0.2, -0.15) is 0 Å². The van der Waals surface area contributed by atoms with Gasteiger partial charge in [-0.25, -0.2) is 0 Å². The number of hydrogen-bond donors (Lipinski definition) is 0. The minimum absolute atomic E-state index is 0.0522. The monoisotopic (exact) mass is 1330 g/mol. The molecule has 1 nitrogen and oxygen atoms in total. The van der Waals surface area contributed by atoms with Crippen molar-refractivity contribution in [1.82, 2.24) is 4.90 Å². The summed E-state index contributed by atoms with van der Waals surface area (Å²) in [6.07, 6.45) is 0. The first-order valence-corrected chi connectivity index (χ1v) is 41.8. The summed E-state index contributed by atoms with van der Waals surface area (Å²) < 4.78 is 9.07. The van der Waals surface area contributed by atoms with E-state index in [2.05, 4.69) is 149 Å². The van der Waals surface area contributed by atoms with Crippen LogP contribution in [0.3, 0.4) is 0 Å². The molecular weight excluding hydrogens is 1320 g/mol. The lowest BCUT2D eigenvalue weighted by molar-refractivity contribution is 0.271. The average molecular weight is 1340 g/mol. The molecule has 1 saturated heterocycles. The van der Waals surface area contributed by atoms with Gasteiger partial charge in [0.25, 0.3) is 0 Å². The minimum Gasteiger partial charge on any atom is -0.297 e. The van der Waals surface area contributed by atoms with E-state index >= 15 is 0 Å². The maximum absolute atomic E-state index is 3.05. The summed E-state index contributed by atoms with van der Waals surface area (Å²) in [7, 11) is 2.66. The van der Waals surface area contributed by atoms with Crippen molar-refractivity contribution in [2.75, 3.05) is 36.6 Å². The summed E-state index contributed by atoms with van der Waals surface area (Å²) >= 11 is 16.8. The molecule has 1 unspecified atom stereocenters. The molecule has 422 valence electrons. The third-order valence-electron chi connectivity index (χ3n) is 30.8. The van der Waals surface area contributed by atoms with E-state index in [1.54, 1.807) is 313 Å². The number of likely N-dealkylation sites (N-methyl/N-ethyl adjacent to an activating group) is 1. The van der Waals surface area contributed by atoms with E-state index < -0.39 is 5.41 Å². The second-order valence-electron chi connectivity index (χ2n) is 32.4. The highest BCUT2D eigenvalue weighted by atomic mass is 32.3. The van der Waals surface area contributed by atoms with Gasteiger partial charge in [0.1, 0.15) is 0 Å². The minimum atomic E-state index is -0.429. The Bertz CT molecular complexity index is 9140. The fourth-order valence-corrected chi connectivity index (χ4v) is 42.2. The number of fused-ring (bicyclic) bond motifs is 2. The molecule has 2 spiro atoms. The van der Waals surface area contributed by atoms with Crippen molar-refractivity contribution < 1.29 is 0 Å². The van der Waals surface area contributed by atoms with Gasteiger partial charge in [-0.15, -0.1) is 47.0 Å². The smallest absolute Gasteiger partial charge is 0.0660 e. The Morgan fingerprint density at radius 3 is 0.792 bits per heavy atom. The van der Waals surface area contributed by atoms with Crippen molar-refractivity contribution in [1.29, 1.82) is 0 Å². The largest absolute Gasteiger partial charge is 0.297 e. The van der Waals surface area contributed by atoms with Crippen molar-refractivity contribution in [2.45, 2.75) is 16.9 Å². The van der Waals surface area contributed by atoms with Crippen LogP contribution < -0.4 is 10.4 Å². The summed E-state index contributed by atoms with van der Waals surface area (Å²) in [5.41, 5.74) is 7.85. The summed E-state index contributed by atoms with van der Waals surface area (Å²) in [5.74, 6) is 4.76. The maximum Gasteiger partial charge on any atom is 0.0660 e. The zero-order valence-electron chi connectivity index (χ0n) is 49.4. The van der Waals surface area contributed by atoms with Crippen LogP contribution in [0.2, 0.25) is 0 Å². The van der Waals surface area contributed by atoms with Crippen molar-refractivity contribution in [3.8, 4) is 0 Å². The highest BCUT2D eigenvalue weighted by Gasteiger charge is 2.76. The number of likely N-dealkylation sites (tertiary alicyclic amines) is 1. The summed E-state index contributed by atoms with van der Waals surface area (Å²) in [5, 5.41) is 99.1. The second-order valence-corrected chi connectivity index (χ2v) is 42.5. The third-order valence-corrected chi connectivity index (χ3v) is 42.4. The van der Waals surface area contributed by atoms with Crippen molar-refractivity contribution in [2.24, 2.45) is 0 Å². The molecule has 40 rings (SSSR count). The van der Waals surface area contributed by atoms with Crippen LogP contribution in [0, 0.1) is 0 Å². The van der Waals surface area contributed by atoms with Crippen LogP contribution in [-0.2, 0) is 10.8 Å². The molecule has 0 N–H and O–H groups in total. The van der Waals surface area contributed by atoms with Gasteiger partial charge in [-0.1, -0.05) is 83.4 Å². The molecule has 1 atom stereocenters. The molecule has 5 heterocycles. The Morgan fingerprint density at radius 2 is 0.510 bits per heavy atom. The molecule has 31 aromatic carbocycles. The third kappa shape index (κ3) is 2.87. The molecule has 1 fully saturated rings. The summed E-state index contributed by atoms with van der Waals surface area (Å²) in [4.78, 5) is 3.05. The van der Waals surface area contributed by atoms with Gasteiger partial charge in [0.15, 0.2) is 0 Å². The standard InChI is InChI=1S/C87H21NS8/c1-88-13-86-75-67-59-49-39-31-23-21-22-25-29-27(23)35-43-37(29)47-41-33(25)34-26(22)30-28-24(21)32(31)40-46-36(28)44-38(30)48-42(34)52-51(41)63-57(47)65-55(43)61(53(59)45(35)39)69(75)71(65)77-73(63)74-64(52)58(48)66-56(44)62-54(46)60(50(40)49)68(67)76(86)70(62)72(66)78(74)87(77,86)79(88)14-6-7-17-18(12-14)20(81-95-84-85(96-81)92-11-10-91-84)16-5-3-2-4-15(16)19(17)80-93-82-83(94-80)90-9-8-89-82/h2-7,12,79H,8-11,13H2,1H3. The molecule has 5 aliphatic heterocycles. The lowest BCUT2D eigenvalue weighted by atomic mass is 9.47. The summed E-state index contributed by atoms with van der Waals surface area (Å²) in [6, 6.07) is 18.1. The van der Waals surface area contributed by atoms with E-state index in [1.807, 2.05) is 0 Å². The Labute approximate surface area is 565 Å². The van der Waals surface area contributed by atoms with E-state index in [-0.39, 0.29) is 11.5 Å². The van der Waals surface area contributed by atoms with Gasteiger partial charge < -0.3 is 0 Å². The number of nitrogens with zero attached hydrogens (tertiary/aromatic N) is 1. The van der Waals surface area contributed by atoms with Crippen molar-refractivity contribution >= 4 is 415 Å². The Kier molecular flexibility index (Phi) is 4.90. The first-order valence-electron chi connectivity index (χ1n) is 34.6. The first kappa shape index (κ1) is 42.4. The van der Waals surface area contributed by atoms with E-state index in [4.69, 9.17) is 0 Å².